The third kappa shape index (κ3) is 29.6. The van der Waals surface area contributed by atoms with Crippen molar-refractivity contribution in [2.24, 2.45) is 23.3 Å². The number of hydrogen-bond donors (Lipinski definition) is 21. The molecule has 131 heavy (non-hydrogen) atoms. The van der Waals surface area contributed by atoms with Crippen molar-refractivity contribution < 1.29 is 116 Å². The number of benzene rings is 3. The van der Waals surface area contributed by atoms with Gasteiger partial charge in [0, 0.05) is 75.4 Å². The van der Waals surface area contributed by atoms with Gasteiger partial charge in [-0.2, -0.15) is 0 Å². The normalized spacial score (nSPS) is 24.4. The van der Waals surface area contributed by atoms with Crippen molar-refractivity contribution in [1.29, 1.82) is 5.41 Å². The second-order valence-electron chi connectivity index (χ2n) is 34.0. The van der Waals surface area contributed by atoms with Crippen molar-refractivity contribution in [1.82, 2.24) is 89.2 Å². The number of hydrogen-bond acceptors (Lipinski definition) is 24. The molecule has 9 rings (SSSR count). The van der Waals surface area contributed by atoms with Crippen LogP contribution >= 0.6 is 0 Å². The van der Waals surface area contributed by atoms with E-state index in [4.69, 9.17) is 26.4 Å². The number of esters is 2. The minimum Gasteiger partial charge on any atom is -0.508 e. The first-order valence-electron chi connectivity index (χ1n) is 43.8. The summed E-state index contributed by atoms with van der Waals surface area (Å²) in [6.45, 7) is 5.97. The predicted molar refractivity (Wildman–Crippen MR) is 464 cm³/mol. The Morgan fingerprint density at radius 1 is 0.603 bits per heavy atom. The Kier molecular flexibility index (Phi) is 37.0. The SMILES string of the molecule is CC(C)CC1NC(=O)C2CC(=O)OC(C)C(NC(=O)C(Cc3c[nH]c4ccccc34)NC(=O)C3CCCN3C(=O)C(NC(=O)C(N)CCC(=O)O)C(C)C)C(=O)NC(Cc3ccc(O)cc3)C(=O)NC3CCCCNC(=O)CC(C(=O)NC(CCCNC(=N)N)C(=O)O)NC(=O)C(CCC(=O)OCC(NC(=O)C4CCCN4C(=O)C(Cc4ccccc4)NC3=O)C(=O)N2)NC1=O. The van der Waals surface area contributed by atoms with Crippen molar-refractivity contribution in [2.45, 2.75) is 253 Å². The van der Waals surface area contributed by atoms with Crippen LogP contribution in [0.2, 0.25) is 0 Å². The van der Waals surface area contributed by atoms with Crippen molar-refractivity contribution in [3.63, 3.8) is 0 Å². The van der Waals surface area contributed by atoms with Gasteiger partial charge in [-0.3, -0.25) is 91.7 Å². The lowest BCUT2D eigenvalue weighted by molar-refractivity contribution is -0.154. The highest BCUT2D eigenvalue weighted by molar-refractivity contribution is 6.03. The summed E-state index contributed by atoms with van der Waals surface area (Å²) in [6, 6.07) is -6.01. The van der Waals surface area contributed by atoms with Gasteiger partial charge in [0.2, 0.25) is 88.6 Å². The minimum absolute atomic E-state index is 0.00589. The predicted octanol–water partition coefficient (Wildman–Crippen LogP) is -3.69. The topological polar surface area (TPSA) is 670 Å². The molecule has 44 heteroatoms. The first-order valence-corrected chi connectivity index (χ1v) is 43.8. The average Bonchev–Trinajstić information content (AvgIpc) is 1.70. The van der Waals surface area contributed by atoms with Gasteiger partial charge < -0.3 is 125 Å². The Morgan fingerprint density at radius 2 is 1.22 bits per heavy atom. The number of aromatic nitrogens is 1. The van der Waals surface area contributed by atoms with E-state index in [1.807, 2.05) is 0 Å². The van der Waals surface area contributed by atoms with E-state index in [-0.39, 0.29) is 115 Å². The van der Waals surface area contributed by atoms with E-state index in [9.17, 15) is 53.7 Å². The summed E-state index contributed by atoms with van der Waals surface area (Å²) in [7, 11) is 0. The van der Waals surface area contributed by atoms with Crippen LogP contribution < -0.4 is 85.9 Å². The van der Waals surface area contributed by atoms with Crippen molar-refractivity contribution in [2.75, 3.05) is 32.8 Å². The molecule has 3 aromatic carbocycles. The van der Waals surface area contributed by atoms with Crippen LogP contribution in [0.1, 0.15) is 154 Å². The molecule has 5 aliphatic heterocycles. The van der Waals surface area contributed by atoms with Gasteiger partial charge in [0.1, 0.15) is 103 Å². The molecular weight excluding hydrogens is 1710 g/mol. The van der Waals surface area contributed by atoms with Crippen LogP contribution in [0.4, 0.5) is 0 Å². The van der Waals surface area contributed by atoms with Gasteiger partial charge in [-0.1, -0.05) is 88.4 Å². The van der Waals surface area contributed by atoms with E-state index >= 15 is 52.7 Å². The van der Waals surface area contributed by atoms with Crippen molar-refractivity contribution in [3.05, 3.63) is 102 Å². The summed E-state index contributed by atoms with van der Waals surface area (Å²) in [4.78, 5) is 286. The fourth-order valence-corrected chi connectivity index (χ4v) is 16.0. The van der Waals surface area contributed by atoms with Crippen molar-refractivity contribution in [3.8, 4) is 5.75 Å². The van der Waals surface area contributed by atoms with Crippen LogP contribution in [0, 0.1) is 17.2 Å². The largest absolute Gasteiger partial charge is 0.508 e. The number of amides is 15. The number of rotatable bonds is 26. The highest BCUT2D eigenvalue weighted by Crippen LogP contribution is 2.26. The third-order valence-electron chi connectivity index (χ3n) is 23.1. The summed E-state index contributed by atoms with van der Waals surface area (Å²) in [5.41, 5.74) is 13.2. The Labute approximate surface area is 753 Å². The van der Waals surface area contributed by atoms with Gasteiger partial charge in [-0.05, 0) is 131 Å². The molecule has 1 aromatic heterocycles. The summed E-state index contributed by atoms with van der Waals surface area (Å²) in [5.74, 6) is -23.9. The molecule has 23 N–H and O–H groups in total. The molecule has 44 nitrogen and oxygen atoms in total. The number of para-hydroxylation sites is 1. The maximum Gasteiger partial charge on any atom is 0.326 e. The first kappa shape index (κ1) is 101. The second-order valence-corrected chi connectivity index (χ2v) is 34.0. The molecule has 4 aromatic rings. The number of likely N-dealkylation sites (tertiary alicyclic amines) is 1. The number of carbonyl (C=O) groups excluding carboxylic acids is 17. The summed E-state index contributed by atoms with van der Waals surface area (Å²) >= 11 is 0. The van der Waals surface area contributed by atoms with E-state index in [2.05, 4.69) is 79.4 Å². The third-order valence-corrected chi connectivity index (χ3v) is 23.1. The fraction of sp³-hybridized carbons (Fsp3) is 0.540. The standard InChI is InChI=1S/C87H118N20O24/c1-44(2)36-57-75(117)95-55-29-31-68(112)130-43-63-80(122)99-61(78(120)97-57)41-69(113)131-46(5)71(105-79(121)59(39-49-42-93-53-19-10-9-18-51(49)53)100-81(123)65-23-15-35-107(65)85(127)70(45(3)4)104-72(114)52(88)28-30-67(110)111)83(125)101-58(37-48-24-26-50(108)27-25-48)76(118)94-54(73(115)102-62(38-47-16-7-6-8-17-47)84(126)106-34-14-22-64(106)82(124)103-63)20-11-12-32-91-66(109)40-60(98-74(55)116)77(119)96-56(86(128)129)21-13-33-92-87(89)90/h6-10,16-19,24-27,42,44-46,52,54-65,70-71,93,108H,11-15,20-23,28-41,43,88H2,1-5H3,(H,91,109)(H,94,118)(H,95,117)(H,96,119)(H,97,120)(H,98,116)(H,99,122)(H,100,123)(H,101,125)(H,102,115)(H,103,124)(H,104,114)(H,105,121)(H,110,111)(H,128,129)(H4,89,90,92). The number of aromatic amines is 1. The zero-order chi connectivity index (χ0) is 95.4. The van der Waals surface area contributed by atoms with E-state index in [1.165, 1.54) is 29.2 Å². The quantitative estimate of drug-likeness (QED) is 0.0125. The van der Waals surface area contributed by atoms with Crippen LogP contribution in [-0.2, 0) is 120 Å². The molecule has 16 unspecified atom stereocenters. The lowest BCUT2D eigenvalue weighted by Gasteiger charge is -2.32. The number of fused-ring (bicyclic) bond motifs is 13. The number of aromatic hydroxyl groups is 1. The Bertz CT molecular complexity index is 4860. The maximum atomic E-state index is 16.0. The molecule has 5 fully saturated rings. The zero-order valence-electron chi connectivity index (χ0n) is 73.4. The number of cyclic esters (lactones) is 1. The molecule has 5 aliphatic rings. The smallest absolute Gasteiger partial charge is 0.326 e. The molecule has 6 heterocycles. The number of carboxylic acids is 2. The number of nitrogens with one attached hydrogen (secondary N) is 16. The summed E-state index contributed by atoms with van der Waals surface area (Å²) in [5, 5.41) is 74.0. The maximum absolute atomic E-state index is 16.0. The molecular formula is C87H118N20O24. The van der Waals surface area contributed by atoms with Crippen LogP contribution in [0.3, 0.4) is 0 Å². The molecule has 15 amide bonds. The zero-order valence-corrected chi connectivity index (χ0v) is 73.4. The summed E-state index contributed by atoms with van der Waals surface area (Å²) < 4.78 is 11.7. The van der Waals surface area contributed by atoms with E-state index in [1.54, 1.807) is 88.5 Å². The van der Waals surface area contributed by atoms with Crippen LogP contribution in [-0.4, -0.2) is 278 Å². The molecule has 4 bridgehead atoms. The molecule has 0 spiro atoms. The van der Waals surface area contributed by atoms with E-state index in [0.29, 0.717) is 22.0 Å². The van der Waals surface area contributed by atoms with Crippen LogP contribution in [0.15, 0.2) is 85.1 Å². The number of nitrogens with zero attached hydrogens (tertiary/aromatic N) is 2. The first-order chi connectivity index (χ1) is 62.3. The van der Waals surface area contributed by atoms with Gasteiger partial charge in [-0.25, -0.2) is 4.79 Å². The number of aliphatic carboxylic acids is 2. The van der Waals surface area contributed by atoms with E-state index < -0.39 is 279 Å². The van der Waals surface area contributed by atoms with Gasteiger partial charge >= 0.3 is 23.9 Å². The number of carbonyl (C=O) groups is 19. The highest BCUT2D eigenvalue weighted by atomic mass is 16.5. The summed E-state index contributed by atoms with van der Waals surface area (Å²) in [6.07, 6.45) is -6.99. The molecule has 0 saturated carbocycles. The lowest BCUT2D eigenvalue weighted by atomic mass is 10.00. The van der Waals surface area contributed by atoms with Gasteiger partial charge in [0.15, 0.2) is 5.96 Å². The van der Waals surface area contributed by atoms with Gasteiger partial charge in [0.05, 0.1) is 18.9 Å². The monoisotopic (exact) mass is 1830 g/mol. The molecule has 5 saturated heterocycles. The Balaban J connectivity index is 1.19. The van der Waals surface area contributed by atoms with Crippen LogP contribution in [0.5, 0.6) is 5.75 Å². The number of nitrogens with two attached hydrogens (primary N) is 2. The van der Waals surface area contributed by atoms with Crippen LogP contribution in [0.25, 0.3) is 10.9 Å². The van der Waals surface area contributed by atoms with Crippen molar-refractivity contribution >= 4 is 129 Å². The van der Waals surface area contributed by atoms with E-state index in [0.717, 1.165) is 11.8 Å². The number of phenols is 1. The lowest BCUT2D eigenvalue weighted by Crippen LogP contribution is -2.63. The molecule has 710 valence electrons. The van der Waals surface area contributed by atoms with Gasteiger partial charge in [-0.15, -0.1) is 0 Å². The second kappa shape index (κ2) is 48.0. The fourth-order valence-electron chi connectivity index (χ4n) is 16.0. The molecule has 0 aliphatic carbocycles. The highest BCUT2D eigenvalue weighted by Gasteiger charge is 2.46. The molecule has 16 atom stereocenters. The number of guanidine groups is 1. The number of phenolic OH excluding ortho intramolecular Hbond substituents is 1. The average molecular weight is 1830 g/mol. The van der Waals surface area contributed by atoms with Gasteiger partial charge in [0.25, 0.3) is 0 Å². The number of carboxylic acid groups (broad SMARTS) is 2. The minimum atomic E-state index is -2.26. The number of H-pyrrole nitrogens is 1. The molecule has 0 radical (unpaired) electrons. The number of ether oxygens (including phenoxy) is 2. The Morgan fingerprint density at radius 3 is 1.92 bits per heavy atom. The Hall–Kier alpha value is -13.8.